The van der Waals surface area contributed by atoms with Crippen LogP contribution in [0, 0.1) is 0 Å². The van der Waals surface area contributed by atoms with Crippen LogP contribution >= 0.6 is 0 Å². The first-order chi connectivity index (χ1) is 15.2. The maximum atomic E-state index is 13.0. The van der Waals surface area contributed by atoms with Crippen LogP contribution in [-0.4, -0.2) is 76.8 Å². The summed E-state index contributed by atoms with van der Waals surface area (Å²) in [6.45, 7) is 3.99. The van der Waals surface area contributed by atoms with E-state index in [1.54, 1.807) is 17.3 Å². The number of hydrogen-bond acceptors (Lipinski definition) is 6. The number of likely N-dealkylation sites (tertiary alicyclic amines) is 1. The summed E-state index contributed by atoms with van der Waals surface area (Å²) in [5.74, 6) is -0.0184. The molecule has 0 bridgehead atoms. The van der Waals surface area contributed by atoms with Crippen LogP contribution in [0.3, 0.4) is 0 Å². The molecule has 0 spiro atoms. The van der Waals surface area contributed by atoms with E-state index in [0.717, 1.165) is 44.0 Å². The number of anilines is 1. The predicted octanol–water partition coefficient (Wildman–Crippen LogP) is 2.13. The smallest absolute Gasteiger partial charge is 0.385 e. The highest BCUT2D eigenvalue weighted by Crippen LogP contribution is 2.36. The minimum absolute atomic E-state index is 0.0184. The number of halogens is 3. The highest BCUT2D eigenvalue weighted by molar-refractivity contribution is 5.78. The van der Waals surface area contributed by atoms with Gasteiger partial charge in [-0.1, -0.05) is 12.1 Å². The maximum absolute atomic E-state index is 13.0. The van der Waals surface area contributed by atoms with Crippen LogP contribution in [0.25, 0.3) is 0 Å². The molecular formula is C22H26F3N5O2. The second-order valence-electron chi connectivity index (χ2n) is 8.35. The molecule has 32 heavy (non-hydrogen) atoms. The molecule has 1 amide bonds. The molecule has 2 fully saturated rings. The minimum atomic E-state index is -4.46. The Balaban J connectivity index is 1.29. The molecule has 2 aliphatic rings. The van der Waals surface area contributed by atoms with Gasteiger partial charge in [-0.25, -0.2) is 0 Å². The summed E-state index contributed by atoms with van der Waals surface area (Å²) in [5.41, 5.74) is -0.872. The van der Waals surface area contributed by atoms with Gasteiger partial charge < -0.3 is 14.9 Å². The van der Waals surface area contributed by atoms with Gasteiger partial charge in [0.25, 0.3) is 0 Å². The van der Waals surface area contributed by atoms with Crippen LogP contribution in [0.15, 0.2) is 42.7 Å². The number of carbonyl (C=O) groups excluding carboxylic acids is 1. The SMILES string of the molecule is O=C(CN1CCN(c2ccnnc2)CC1)N1CCC(O)(c2cccc(C(F)(F)F)c2)CC1. The van der Waals surface area contributed by atoms with Gasteiger partial charge in [0, 0.05) is 39.3 Å². The van der Waals surface area contributed by atoms with Gasteiger partial charge in [-0.3, -0.25) is 9.69 Å². The molecule has 2 aromatic rings. The van der Waals surface area contributed by atoms with Crippen molar-refractivity contribution in [3.63, 3.8) is 0 Å². The van der Waals surface area contributed by atoms with Crippen molar-refractivity contribution < 1.29 is 23.1 Å². The molecule has 10 heteroatoms. The Morgan fingerprint density at radius 3 is 2.38 bits per heavy atom. The summed E-state index contributed by atoms with van der Waals surface area (Å²) in [7, 11) is 0. The second-order valence-corrected chi connectivity index (χ2v) is 8.35. The average molecular weight is 449 g/mol. The van der Waals surface area contributed by atoms with Crippen LogP contribution in [0.5, 0.6) is 0 Å². The van der Waals surface area contributed by atoms with Crippen LogP contribution in [0.1, 0.15) is 24.0 Å². The van der Waals surface area contributed by atoms with Crippen molar-refractivity contribution in [2.75, 3.05) is 50.7 Å². The van der Waals surface area contributed by atoms with E-state index < -0.39 is 17.3 Å². The number of aromatic nitrogens is 2. The Morgan fingerprint density at radius 2 is 1.75 bits per heavy atom. The molecule has 1 N–H and O–H groups in total. The molecule has 3 heterocycles. The summed E-state index contributed by atoms with van der Waals surface area (Å²) < 4.78 is 39.1. The zero-order valence-electron chi connectivity index (χ0n) is 17.6. The van der Waals surface area contributed by atoms with E-state index in [1.165, 1.54) is 12.1 Å². The van der Waals surface area contributed by atoms with Crippen LogP contribution < -0.4 is 4.90 Å². The average Bonchev–Trinajstić information content (AvgIpc) is 2.80. The first-order valence-electron chi connectivity index (χ1n) is 10.7. The van der Waals surface area contributed by atoms with Crippen molar-refractivity contribution in [2.45, 2.75) is 24.6 Å². The van der Waals surface area contributed by atoms with Gasteiger partial charge in [-0.05, 0) is 36.6 Å². The number of alkyl halides is 3. The molecule has 1 aromatic carbocycles. The maximum Gasteiger partial charge on any atom is 0.416 e. The number of piperazine rings is 1. The van der Waals surface area contributed by atoms with E-state index in [0.29, 0.717) is 19.6 Å². The fourth-order valence-electron chi connectivity index (χ4n) is 4.33. The summed E-state index contributed by atoms with van der Waals surface area (Å²) >= 11 is 0. The van der Waals surface area contributed by atoms with E-state index in [2.05, 4.69) is 20.0 Å². The normalized spacial score (nSPS) is 19.8. The fraction of sp³-hybridized carbons (Fsp3) is 0.500. The standard InChI is InChI=1S/C22H26F3N5O2/c23-22(24,25)18-3-1-2-17(14-18)21(32)5-8-30(9-6-21)20(31)16-28-10-12-29(13-11-28)19-4-7-26-27-15-19/h1-4,7,14-15,32H,5-6,8-13,16H2. The number of nitrogens with zero attached hydrogens (tertiary/aromatic N) is 5. The van der Waals surface area contributed by atoms with E-state index in [1.807, 2.05) is 6.07 Å². The first-order valence-corrected chi connectivity index (χ1v) is 10.7. The quantitative estimate of drug-likeness (QED) is 0.771. The summed E-state index contributed by atoms with van der Waals surface area (Å²) in [6, 6.07) is 6.75. The van der Waals surface area contributed by atoms with E-state index in [4.69, 9.17) is 0 Å². The molecule has 0 atom stereocenters. The van der Waals surface area contributed by atoms with E-state index in [-0.39, 0.29) is 24.3 Å². The molecule has 7 nitrogen and oxygen atoms in total. The Morgan fingerprint density at radius 1 is 1.03 bits per heavy atom. The first kappa shape index (κ1) is 22.5. The molecule has 0 aliphatic carbocycles. The molecule has 172 valence electrons. The van der Waals surface area contributed by atoms with Crippen LogP contribution in [0.2, 0.25) is 0 Å². The van der Waals surface area contributed by atoms with Crippen LogP contribution in [-0.2, 0) is 16.6 Å². The number of carbonyl (C=O) groups is 1. The van der Waals surface area contributed by atoms with Gasteiger partial charge in [0.1, 0.15) is 0 Å². The lowest BCUT2D eigenvalue weighted by Crippen LogP contribution is -2.52. The lowest BCUT2D eigenvalue weighted by atomic mass is 9.83. The largest absolute Gasteiger partial charge is 0.416 e. The molecule has 1 aromatic heterocycles. The molecule has 2 aliphatic heterocycles. The summed E-state index contributed by atoms with van der Waals surface area (Å²) in [4.78, 5) is 18.8. The molecule has 0 saturated carbocycles. The fourth-order valence-corrected chi connectivity index (χ4v) is 4.33. The molecule has 0 radical (unpaired) electrons. The third-order valence-electron chi connectivity index (χ3n) is 6.34. The Kier molecular flexibility index (Phi) is 6.34. The molecule has 2 saturated heterocycles. The Labute approximate surface area is 184 Å². The third kappa shape index (κ3) is 5.02. The van der Waals surface area contributed by atoms with Crippen molar-refractivity contribution >= 4 is 11.6 Å². The highest BCUT2D eigenvalue weighted by atomic mass is 19.4. The summed E-state index contributed by atoms with van der Waals surface area (Å²) in [5, 5.41) is 18.6. The lowest BCUT2D eigenvalue weighted by Gasteiger charge is -2.40. The van der Waals surface area contributed by atoms with Gasteiger partial charge in [-0.2, -0.15) is 23.4 Å². The van der Waals surface area contributed by atoms with Gasteiger partial charge in [0.15, 0.2) is 0 Å². The highest BCUT2D eigenvalue weighted by Gasteiger charge is 2.38. The van der Waals surface area contributed by atoms with Crippen LogP contribution in [0.4, 0.5) is 18.9 Å². The number of hydrogen-bond donors (Lipinski definition) is 1. The van der Waals surface area contributed by atoms with Gasteiger partial charge >= 0.3 is 6.18 Å². The number of rotatable bonds is 4. The summed E-state index contributed by atoms with van der Waals surface area (Å²) in [6.07, 6.45) is -0.658. The topological polar surface area (TPSA) is 72.8 Å². The third-order valence-corrected chi connectivity index (χ3v) is 6.34. The zero-order valence-corrected chi connectivity index (χ0v) is 17.6. The second kappa shape index (κ2) is 9.03. The number of amides is 1. The van der Waals surface area contributed by atoms with E-state index >= 15 is 0 Å². The van der Waals surface area contributed by atoms with Crippen molar-refractivity contribution in [3.05, 3.63) is 53.9 Å². The van der Waals surface area contributed by atoms with Gasteiger partial charge in [-0.15, -0.1) is 0 Å². The van der Waals surface area contributed by atoms with Crippen molar-refractivity contribution in [1.82, 2.24) is 20.0 Å². The van der Waals surface area contributed by atoms with Crippen molar-refractivity contribution in [1.29, 1.82) is 0 Å². The van der Waals surface area contributed by atoms with Gasteiger partial charge in [0.2, 0.25) is 5.91 Å². The number of piperidine rings is 1. The zero-order chi connectivity index (χ0) is 22.8. The number of benzene rings is 1. The lowest BCUT2D eigenvalue weighted by molar-refractivity contribution is -0.137. The monoisotopic (exact) mass is 449 g/mol. The molecule has 4 rings (SSSR count). The van der Waals surface area contributed by atoms with E-state index in [9.17, 15) is 23.1 Å². The van der Waals surface area contributed by atoms with Gasteiger partial charge in [0.05, 0.1) is 35.8 Å². The van der Waals surface area contributed by atoms with Crippen molar-refractivity contribution in [2.24, 2.45) is 0 Å². The predicted molar refractivity (Wildman–Crippen MR) is 112 cm³/mol. The molecule has 0 unspecified atom stereocenters. The Hall–Kier alpha value is -2.72. The molecular weight excluding hydrogens is 423 g/mol. The van der Waals surface area contributed by atoms with Crippen molar-refractivity contribution in [3.8, 4) is 0 Å². The Bertz CT molecular complexity index is 925. The minimum Gasteiger partial charge on any atom is -0.385 e. The number of aliphatic hydroxyl groups is 1.